The van der Waals surface area contributed by atoms with Crippen LogP contribution in [0.1, 0.15) is 11.3 Å². The van der Waals surface area contributed by atoms with Crippen molar-refractivity contribution < 1.29 is 17.9 Å². The number of aryl methyl sites for hydroxylation is 2. The summed E-state index contributed by atoms with van der Waals surface area (Å²) in [6.07, 6.45) is -1.99. The lowest BCUT2D eigenvalue weighted by Crippen LogP contribution is -2.18. The molecule has 0 spiro atoms. The molecule has 1 heterocycles. The van der Waals surface area contributed by atoms with Crippen LogP contribution in [0.4, 0.5) is 13.2 Å². The molecule has 2 aromatic rings. The summed E-state index contributed by atoms with van der Waals surface area (Å²) in [6, 6.07) is 11.6. The van der Waals surface area contributed by atoms with Gasteiger partial charge in [-0.25, -0.2) is 0 Å². The third kappa shape index (κ3) is 4.28. The van der Waals surface area contributed by atoms with Gasteiger partial charge in [0.1, 0.15) is 5.75 Å². The Morgan fingerprint density at radius 3 is 2.37 bits per heavy atom. The number of benzene rings is 1. The minimum absolute atomic E-state index is 0.147. The van der Waals surface area contributed by atoms with E-state index in [4.69, 9.17) is 0 Å². The van der Waals surface area contributed by atoms with Crippen LogP contribution < -0.4 is 4.74 Å². The van der Waals surface area contributed by atoms with Crippen molar-refractivity contribution in [2.75, 3.05) is 0 Å². The van der Waals surface area contributed by atoms with Gasteiger partial charge in [0.15, 0.2) is 0 Å². The molecule has 0 atom stereocenters. The molecule has 2 rings (SSSR count). The van der Waals surface area contributed by atoms with Crippen molar-refractivity contribution in [3.8, 4) is 5.75 Å². The fourth-order valence-corrected chi connectivity index (χ4v) is 1.74. The van der Waals surface area contributed by atoms with E-state index >= 15 is 0 Å². The number of para-hydroxylation sites is 1. The summed E-state index contributed by atoms with van der Waals surface area (Å²) < 4.78 is 40.8. The second-order valence-electron chi connectivity index (χ2n) is 3.98. The Morgan fingerprint density at radius 1 is 0.947 bits per heavy atom. The molecule has 0 saturated heterocycles. The van der Waals surface area contributed by atoms with Gasteiger partial charge in [-0.05, 0) is 36.6 Å². The Bertz CT molecular complexity index is 526. The Balaban J connectivity index is 2.08. The normalized spacial score (nSPS) is 11.3. The molecule has 0 radical (unpaired) electrons. The monoisotopic (exact) mass is 267 g/mol. The van der Waals surface area contributed by atoms with E-state index in [2.05, 4.69) is 9.72 Å². The molecule has 1 aromatic heterocycles. The van der Waals surface area contributed by atoms with E-state index in [-0.39, 0.29) is 5.75 Å². The van der Waals surface area contributed by atoms with Crippen LogP contribution >= 0.6 is 0 Å². The summed E-state index contributed by atoms with van der Waals surface area (Å²) in [5.41, 5.74) is 1.36. The molecule has 0 aliphatic rings. The van der Waals surface area contributed by atoms with Crippen molar-refractivity contribution in [1.29, 1.82) is 0 Å². The number of ether oxygens (including phenoxy) is 1. The van der Waals surface area contributed by atoms with Crippen molar-refractivity contribution in [3.63, 3.8) is 0 Å². The average Bonchev–Trinajstić information content (AvgIpc) is 2.37. The van der Waals surface area contributed by atoms with E-state index in [1.807, 2.05) is 12.1 Å². The van der Waals surface area contributed by atoms with Crippen LogP contribution in [0.25, 0.3) is 0 Å². The average molecular weight is 267 g/mol. The number of nitrogens with zero attached hydrogens (tertiary/aromatic N) is 1. The van der Waals surface area contributed by atoms with Gasteiger partial charge >= 0.3 is 6.36 Å². The second kappa shape index (κ2) is 5.73. The highest BCUT2D eigenvalue weighted by atomic mass is 19.4. The standard InChI is InChI=1S/C14H12F3NO/c15-14(16,17)19-13-7-2-1-5-11(13)8-9-12-6-3-4-10-18-12/h1-7,10H,8-9H2. The van der Waals surface area contributed by atoms with E-state index in [1.54, 1.807) is 24.4 Å². The molecule has 5 heteroatoms. The van der Waals surface area contributed by atoms with Gasteiger partial charge in [0.25, 0.3) is 0 Å². The van der Waals surface area contributed by atoms with E-state index in [0.29, 0.717) is 18.4 Å². The van der Waals surface area contributed by atoms with E-state index in [0.717, 1.165) is 5.69 Å². The Kier molecular flexibility index (Phi) is 4.04. The molecule has 0 unspecified atom stereocenters. The molecule has 0 aliphatic heterocycles. The Morgan fingerprint density at radius 2 is 1.68 bits per heavy atom. The van der Waals surface area contributed by atoms with Crippen LogP contribution in [0.3, 0.4) is 0 Å². The summed E-state index contributed by atoms with van der Waals surface area (Å²) in [4.78, 5) is 4.14. The fourth-order valence-electron chi connectivity index (χ4n) is 1.74. The summed E-state index contributed by atoms with van der Waals surface area (Å²) in [5.74, 6) is -0.147. The van der Waals surface area contributed by atoms with Crippen molar-refractivity contribution >= 4 is 0 Å². The third-order valence-electron chi connectivity index (χ3n) is 2.57. The van der Waals surface area contributed by atoms with Crippen molar-refractivity contribution in [2.24, 2.45) is 0 Å². The summed E-state index contributed by atoms with van der Waals surface area (Å²) in [6.45, 7) is 0. The molecular formula is C14H12F3NO. The lowest BCUT2D eigenvalue weighted by molar-refractivity contribution is -0.274. The summed E-state index contributed by atoms with van der Waals surface area (Å²) >= 11 is 0. The maximum atomic E-state index is 12.3. The molecular weight excluding hydrogens is 255 g/mol. The van der Waals surface area contributed by atoms with Gasteiger partial charge in [-0.2, -0.15) is 0 Å². The van der Waals surface area contributed by atoms with Crippen LogP contribution in [-0.4, -0.2) is 11.3 Å². The van der Waals surface area contributed by atoms with Gasteiger partial charge in [0.05, 0.1) is 0 Å². The first-order chi connectivity index (χ1) is 9.04. The minimum Gasteiger partial charge on any atom is -0.406 e. The second-order valence-corrected chi connectivity index (χ2v) is 3.98. The molecule has 0 aliphatic carbocycles. The lowest BCUT2D eigenvalue weighted by Gasteiger charge is -2.12. The predicted molar refractivity (Wildman–Crippen MR) is 64.8 cm³/mol. The maximum Gasteiger partial charge on any atom is 0.573 e. The fraction of sp³-hybridized carbons (Fsp3) is 0.214. The first-order valence-corrected chi connectivity index (χ1v) is 5.78. The number of hydrogen-bond acceptors (Lipinski definition) is 2. The number of aromatic nitrogens is 1. The predicted octanol–water partition coefficient (Wildman–Crippen LogP) is 3.77. The SMILES string of the molecule is FC(F)(F)Oc1ccccc1CCc1ccccn1. The highest BCUT2D eigenvalue weighted by molar-refractivity contribution is 5.34. The number of halogens is 3. The van der Waals surface area contributed by atoms with Crippen LogP contribution in [0, 0.1) is 0 Å². The van der Waals surface area contributed by atoms with Gasteiger partial charge < -0.3 is 4.74 Å². The van der Waals surface area contributed by atoms with Crippen LogP contribution in [0.15, 0.2) is 48.7 Å². The van der Waals surface area contributed by atoms with Gasteiger partial charge in [0, 0.05) is 11.9 Å². The lowest BCUT2D eigenvalue weighted by atomic mass is 10.1. The Hall–Kier alpha value is -2.04. The highest BCUT2D eigenvalue weighted by Crippen LogP contribution is 2.26. The molecule has 1 aromatic carbocycles. The van der Waals surface area contributed by atoms with Gasteiger partial charge in [-0.15, -0.1) is 13.2 Å². The highest BCUT2D eigenvalue weighted by Gasteiger charge is 2.31. The quantitative estimate of drug-likeness (QED) is 0.841. The van der Waals surface area contributed by atoms with Crippen molar-refractivity contribution in [2.45, 2.75) is 19.2 Å². The van der Waals surface area contributed by atoms with Gasteiger partial charge in [-0.1, -0.05) is 24.3 Å². The summed E-state index contributed by atoms with van der Waals surface area (Å²) in [5, 5.41) is 0. The maximum absolute atomic E-state index is 12.3. The van der Waals surface area contributed by atoms with Gasteiger partial charge in [0.2, 0.25) is 0 Å². The zero-order chi connectivity index (χ0) is 13.7. The largest absolute Gasteiger partial charge is 0.573 e. The Labute approximate surface area is 108 Å². The molecule has 0 bridgehead atoms. The molecule has 100 valence electrons. The minimum atomic E-state index is -4.67. The van der Waals surface area contributed by atoms with Crippen LogP contribution in [0.5, 0.6) is 5.75 Å². The number of hydrogen-bond donors (Lipinski definition) is 0. The van der Waals surface area contributed by atoms with E-state index in [1.165, 1.54) is 12.1 Å². The number of rotatable bonds is 4. The molecule has 0 N–H and O–H groups in total. The van der Waals surface area contributed by atoms with Crippen LogP contribution in [0.2, 0.25) is 0 Å². The molecule has 19 heavy (non-hydrogen) atoms. The molecule has 0 amide bonds. The number of pyridine rings is 1. The zero-order valence-electron chi connectivity index (χ0n) is 10.0. The molecule has 2 nitrogen and oxygen atoms in total. The van der Waals surface area contributed by atoms with Gasteiger partial charge in [-0.3, -0.25) is 4.98 Å². The third-order valence-corrected chi connectivity index (χ3v) is 2.57. The van der Waals surface area contributed by atoms with E-state index in [9.17, 15) is 13.2 Å². The van der Waals surface area contributed by atoms with E-state index < -0.39 is 6.36 Å². The number of alkyl halides is 3. The van der Waals surface area contributed by atoms with Crippen LogP contribution in [-0.2, 0) is 12.8 Å². The van der Waals surface area contributed by atoms with Crippen molar-refractivity contribution in [1.82, 2.24) is 4.98 Å². The molecule has 0 fully saturated rings. The smallest absolute Gasteiger partial charge is 0.406 e. The summed E-state index contributed by atoms with van der Waals surface area (Å²) in [7, 11) is 0. The zero-order valence-corrected chi connectivity index (χ0v) is 10.0. The molecule has 0 saturated carbocycles. The first kappa shape index (κ1) is 13.4. The van der Waals surface area contributed by atoms with Crippen molar-refractivity contribution in [3.05, 3.63) is 59.9 Å². The first-order valence-electron chi connectivity index (χ1n) is 5.78. The topological polar surface area (TPSA) is 22.1 Å².